The predicted molar refractivity (Wildman–Crippen MR) is 287 cm³/mol. The van der Waals surface area contributed by atoms with Crippen LogP contribution in [0.25, 0.3) is 67.0 Å². The fraction of sp³-hybridized carbons (Fsp3) is 0.0154. The molecular formula is C65H49N3. The van der Waals surface area contributed by atoms with Crippen molar-refractivity contribution < 1.29 is 0 Å². The van der Waals surface area contributed by atoms with Gasteiger partial charge in [0.25, 0.3) is 0 Å². The first-order valence-corrected chi connectivity index (χ1v) is 23.2. The van der Waals surface area contributed by atoms with Gasteiger partial charge < -0.3 is 14.4 Å². The molecule has 11 rings (SSSR count). The lowest BCUT2D eigenvalue weighted by Crippen LogP contribution is -2.10. The molecule has 324 valence electrons. The highest BCUT2D eigenvalue weighted by molar-refractivity contribution is 5.83. The first-order chi connectivity index (χ1) is 33.6. The van der Waals surface area contributed by atoms with Gasteiger partial charge in [0.15, 0.2) is 0 Å². The van der Waals surface area contributed by atoms with E-state index in [0.717, 1.165) is 56.6 Å². The summed E-state index contributed by atoms with van der Waals surface area (Å²) in [6, 6.07) is 100. The van der Waals surface area contributed by atoms with E-state index in [9.17, 15) is 0 Å². The third-order valence-corrected chi connectivity index (χ3v) is 12.9. The van der Waals surface area contributed by atoms with Crippen molar-refractivity contribution >= 4 is 34.1 Å². The standard InChI is InChI=1S/C65H49N3/c1-66-64(56-30-42-62(43-31-56)67(58-34-22-52(23-35-58)48-14-6-2-7-15-48)59-36-24-53(25-37-59)49-16-8-3-9-17-49)46-47-65(66)57-32-44-63(45-33-57)68(60-38-26-54(27-39-60)50-18-10-4-11-19-50)61-40-28-55(29-41-61)51-20-12-5-13-21-51/h2-47H,1H3. The zero-order chi connectivity index (χ0) is 45.7. The fourth-order valence-corrected chi connectivity index (χ4v) is 9.28. The van der Waals surface area contributed by atoms with Gasteiger partial charge in [-0.2, -0.15) is 0 Å². The van der Waals surface area contributed by atoms with Crippen LogP contribution in [0.3, 0.4) is 0 Å². The first kappa shape index (κ1) is 41.8. The summed E-state index contributed by atoms with van der Waals surface area (Å²) in [6.07, 6.45) is 0. The largest absolute Gasteiger partial charge is 0.344 e. The molecule has 1 aromatic heterocycles. The van der Waals surface area contributed by atoms with Crippen molar-refractivity contribution in [3.8, 4) is 67.0 Å². The fourth-order valence-electron chi connectivity index (χ4n) is 9.28. The maximum atomic E-state index is 2.34. The van der Waals surface area contributed by atoms with Crippen LogP contribution in [-0.2, 0) is 7.05 Å². The Morgan fingerprint density at radius 2 is 0.368 bits per heavy atom. The highest BCUT2D eigenvalue weighted by Gasteiger charge is 2.17. The number of nitrogens with zero attached hydrogens (tertiary/aromatic N) is 3. The van der Waals surface area contributed by atoms with Crippen molar-refractivity contribution in [1.82, 2.24) is 4.57 Å². The van der Waals surface area contributed by atoms with Crippen molar-refractivity contribution in [3.05, 3.63) is 279 Å². The SMILES string of the molecule is Cn1c(-c2ccc(N(c3ccc(-c4ccccc4)cc3)c3ccc(-c4ccccc4)cc3)cc2)ccc1-c1ccc(N(c2ccc(-c3ccccc3)cc2)c2ccc(-c3ccccc3)cc2)cc1. The second-order valence-electron chi connectivity index (χ2n) is 17.1. The first-order valence-electron chi connectivity index (χ1n) is 23.2. The summed E-state index contributed by atoms with van der Waals surface area (Å²) in [5.41, 5.74) is 20.8. The molecule has 0 atom stereocenters. The minimum Gasteiger partial charge on any atom is -0.344 e. The Hall–Kier alpha value is -8.92. The molecule has 0 spiro atoms. The molecule has 0 unspecified atom stereocenters. The molecule has 0 aliphatic carbocycles. The average Bonchev–Trinajstić information content (AvgIpc) is 3.81. The summed E-state index contributed by atoms with van der Waals surface area (Å²) in [5.74, 6) is 0. The van der Waals surface area contributed by atoms with Crippen LogP contribution in [0.15, 0.2) is 279 Å². The summed E-state index contributed by atoms with van der Waals surface area (Å²) >= 11 is 0. The third kappa shape index (κ3) is 8.65. The van der Waals surface area contributed by atoms with E-state index in [1.165, 1.54) is 44.5 Å². The molecule has 0 bridgehead atoms. The van der Waals surface area contributed by atoms with Crippen LogP contribution in [0.5, 0.6) is 0 Å². The van der Waals surface area contributed by atoms with Gasteiger partial charge >= 0.3 is 0 Å². The zero-order valence-electron chi connectivity index (χ0n) is 37.9. The number of benzene rings is 10. The quantitative estimate of drug-likeness (QED) is 0.121. The summed E-state index contributed by atoms with van der Waals surface area (Å²) in [7, 11) is 2.16. The third-order valence-electron chi connectivity index (χ3n) is 12.9. The van der Waals surface area contributed by atoms with Gasteiger partial charge in [0.2, 0.25) is 0 Å². The molecule has 0 N–H and O–H groups in total. The lowest BCUT2D eigenvalue weighted by molar-refractivity contribution is 0.946. The van der Waals surface area contributed by atoms with Crippen molar-refractivity contribution in [2.45, 2.75) is 0 Å². The normalized spacial score (nSPS) is 11.0. The maximum absolute atomic E-state index is 2.34. The lowest BCUT2D eigenvalue weighted by atomic mass is 10.0. The number of aromatic nitrogens is 1. The molecule has 1 heterocycles. The Kier molecular flexibility index (Phi) is 11.6. The predicted octanol–water partition coefficient (Wildman–Crippen LogP) is 18.0. The van der Waals surface area contributed by atoms with Crippen LogP contribution in [0.2, 0.25) is 0 Å². The van der Waals surface area contributed by atoms with Crippen LogP contribution in [0, 0.1) is 0 Å². The Balaban J connectivity index is 0.882. The van der Waals surface area contributed by atoms with Crippen LogP contribution in [-0.4, -0.2) is 4.57 Å². The number of rotatable bonds is 12. The molecule has 10 aromatic carbocycles. The molecule has 0 saturated heterocycles. The molecule has 0 radical (unpaired) electrons. The summed E-state index contributed by atoms with van der Waals surface area (Å²) in [6.45, 7) is 0. The van der Waals surface area contributed by atoms with Gasteiger partial charge in [0.05, 0.1) is 0 Å². The highest BCUT2D eigenvalue weighted by atomic mass is 15.1. The van der Waals surface area contributed by atoms with Crippen LogP contribution in [0.1, 0.15) is 0 Å². The molecule has 11 aromatic rings. The number of hydrogen-bond acceptors (Lipinski definition) is 2. The average molecular weight is 872 g/mol. The van der Waals surface area contributed by atoms with E-state index in [-0.39, 0.29) is 0 Å². The lowest BCUT2D eigenvalue weighted by Gasteiger charge is -2.26. The summed E-state index contributed by atoms with van der Waals surface area (Å²) in [4.78, 5) is 4.67. The molecule has 0 aliphatic rings. The van der Waals surface area contributed by atoms with E-state index in [1.54, 1.807) is 0 Å². The van der Waals surface area contributed by atoms with Crippen molar-refractivity contribution in [2.75, 3.05) is 9.80 Å². The molecule has 3 heteroatoms. The van der Waals surface area contributed by atoms with E-state index in [0.29, 0.717) is 0 Å². The van der Waals surface area contributed by atoms with Gasteiger partial charge in [0, 0.05) is 52.6 Å². The minimum absolute atomic E-state index is 1.09. The Morgan fingerprint density at radius 1 is 0.191 bits per heavy atom. The molecular weight excluding hydrogens is 823 g/mol. The van der Waals surface area contributed by atoms with Crippen molar-refractivity contribution in [2.24, 2.45) is 7.05 Å². The van der Waals surface area contributed by atoms with Crippen molar-refractivity contribution in [3.63, 3.8) is 0 Å². The van der Waals surface area contributed by atoms with Gasteiger partial charge in [0.1, 0.15) is 0 Å². The number of anilines is 6. The monoisotopic (exact) mass is 871 g/mol. The Morgan fingerprint density at radius 3 is 0.574 bits per heavy atom. The van der Waals surface area contributed by atoms with Crippen LogP contribution < -0.4 is 9.80 Å². The second-order valence-corrected chi connectivity index (χ2v) is 17.1. The molecule has 0 aliphatic heterocycles. The maximum Gasteiger partial charge on any atom is 0.0482 e. The topological polar surface area (TPSA) is 11.4 Å². The van der Waals surface area contributed by atoms with Gasteiger partial charge in [-0.15, -0.1) is 0 Å². The van der Waals surface area contributed by atoms with E-state index < -0.39 is 0 Å². The van der Waals surface area contributed by atoms with Gasteiger partial charge in [-0.3, -0.25) is 0 Å². The number of hydrogen-bond donors (Lipinski definition) is 0. The Labute approximate surface area is 399 Å². The summed E-state index contributed by atoms with van der Waals surface area (Å²) < 4.78 is 2.30. The highest BCUT2D eigenvalue weighted by Crippen LogP contribution is 2.40. The molecule has 68 heavy (non-hydrogen) atoms. The van der Waals surface area contributed by atoms with E-state index in [4.69, 9.17) is 0 Å². The van der Waals surface area contributed by atoms with Crippen molar-refractivity contribution in [1.29, 1.82) is 0 Å². The van der Waals surface area contributed by atoms with Gasteiger partial charge in [-0.05, 0) is 141 Å². The van der Waals surface area contributed by atoms with Gasteiger partial charge in [-0.25, -0.2) is 0 Å². The van der Waals surface area contributed by atoms with E-state index in [2.05, 4.69) is 300 Å². The minimum atomic E-state index is 1.09. The zero-order valence-corrected chi connectivity index (χ0v) is 37.9. The molecule has 0 amide bonds. The molecule has 3 nitrogen and oxygen atoms in total. The van der Waals surface area contributed by atoms with Crippen LogP contribution >= 0.6 is 0 Å². The van der Waals surface area contributed by atoms with Crippen LogP contribution in [0.4, 0.5) is 34.1 Å². The molecule has 0 fully saturated rings. The van der Waals surface area contributed by atoms with Gasteiger partial charge in [-0.1, -0.05) is 194 Å². The van der Waals surface area contributed by atoms with E-state index >= 15 is 0 Å². The molecule has 0 saturated carbocycles. The van der Waals surface area contributed by atoms with E-state index in [1.807, 2.05) is 0 Å². The second kappa shape index (κ2) is 18.9. The Bertz CT molecular complexity index is 2970. The smallest absolute Gasteiger partial charge is 0.0482 e. The summed E-state index contributed by atoms with van der Waals surface area (Å²) in [5, 5.41) is 0.